The van der Waals surface area contributed by atoms with Crippen LogP contribution in [0.3, 0.4) is 0 Å². The van der Waals surface area contributed by atoms with E-state index in [0.717, 1.165) is 4.90 Å². The molecule has 0 bridgehead atoms. The highest BCUT2D eigenvalue weighted by atomic mass is 35.5. The largest absolute Gasteiger partial charge is 0.492 e. The molecule has 2 N–H and O–H groups in total. The molecule has 2 aromatic rings. The molecule has 0 aromatic heterocycles. The zero-order valence-corrected chi connectivity index (χ0v) is 16.2. The van der Waals surface area contributed by atoms with Gasteiger partial charge in [-0.25, -0.2) is 4.79 Å². The molecule has 0 spiro atoms. The van der Waals surface area contributed by atoms with Gasteiger partial charge in [0.2, 0.25) is 5.91 Å². The summed E-state index contributed by atoms with van der Waals surface area (Å²) in [5.41, 5.74) is -0.202. The topological polar surface area (TPSA) is 87.7 Å². The third-order valence-corrected chi connectivity index (χ3v) is 4.71. The summed E-state index contributed by atoms with van der Waals surface area (Å²) >= 11 is 5.89. The Hall–Kier alpha value is -3.06. The highest BCUT2D eigenvalue weighted by Gasteiger charge is 2.49. The number of nitrogens with one attached hydrogen (secondary N) is 2. The van der Waals surface area contributed by atoms with Gasteiger partial charge in [-0.1, -0.05) is 35.9 Å². The quantitative estimate of drug-likeness (QED) is 0.728. The van der Waals surface area contributed by atoms with Crippen LogP contribution in [0.2, 0.25) is 5.02 Å². The second kappa shape index (κ2) is 7.90. The number of hydrogen-bond acceptors (Lipinski definition) is 4. The first-order valence-electron chi connectivity index (χ1n) is 8.77. The Morgan fingerprint density at radius 2 is 1.86 bits per heavy atom. The molecule has 0 aliphatic carbocycles. The fraction of sp³-hybridized carbons (Fsp3) is 0.250. The van der Waals surface area contributed by atoms with E-state index in [4.69, 9.17) is 16.3 Å². The summed E-state index contributed by atoms with van der Waals surface area (Å²) in [6.07, 6.45) is 0. The van der Waals surface area contributed by atoms with Crippen molar-refractivity contribution in [3.8, 4) is 5.75 Å². The van der Waals surface area contributed by atoms with Gasteiger partial charge in [0, 0.05) is 5.02 Å². The van der Waals surface area contributed by atoms with Gasteiger partial charge in [0.15, 0.2) is 0 Å². The molecule has 1 heterocycles. The Balaban J connectivity index is 1.74. The van der Waals surface area contributed by atoms with Crippen LogP contribution in [0.1, 0.15) is 19.4 Å². The van der Waals surface area contributed by atoms with Crippen molar-refractivity contribution >= 4 is 35.1 Å². The number of nitrogens with zero attached hydrogens (tertiary/aromatic N) is 1. The van der Waals surface area contributed by atoms with Crippen LogP contribution in [-0.4, -0.2) is 35.9 Å². The molecule has 1 aliphatic heterocycles. The number of rotatable bonds is 6. The van der Waals surface area contributed by atoms with E-state index in [0.29, 0.717) is 28.6 Å². The lowest BCUT2D eigenvalue weighted by molar-refractivity contribution is -0.133. The summed E-state index contributed by atoms with van der Waals surface area (Å²) < 4.78 is 5.47. The van der Waals surface area contributed by atoms with Gasteiger partial charge < -0.3 is 15.4 Å². The SMILES string of the molecule is CCOc1ccccc1NC(=O)CN1C(=O)N[C@](C)(c2ccc(Cl)cc2)C1=O. The lowest BCUT2D eigenvalue weighted by atomic mass is 9.92. The van der Waals surface area contributed by atoms with E-state index >= 15 is 0 Å². The highest BCUT2D eigenvalue weighted by Crippen LogP contribution is 2.30. The monoisotopic (exact) mass is 401 g/mol. The number of carbonyl (C=O) groups is 3. The van der Waals surface area contributed by atoms with Gasteiger partial charge in [0.1, 0.15) is 17.8 Å². The maximum absolute atomic E-state index is 12.9. The molecule has 3 rings (SSSR count). The molecule has 0 radical (unpaired) electrons. The number of hydrogen-bond donors (Lipinski definition) is 2. The Morgan fingerprint density at radius 1 is 1.18 bits per heavy atom. The van der Waals surface area contributed by atoms with Crippen LogP contribution < -0.4 is 15.4 Å². The van der Waals surface area contributed by atoms with Crippen LogP contribution in [0.5, 0.6) is 5.75 Å². The van der Waals surface area contributed by atoms with Crippen LogP contribution >= 0.6 is 11.6 Å². The molecular weight excluding hydrogens is 382 g/mol. The van der Waals surface area contributed by atoms with Crippen molar-refractivity contribution in [2.75, 3.05) is 18.5 Å². The minimum absolute atomic E-state index is 0.408. The number of imide groups is 1. The number of carbonyl (C=O) groups excluding carboxylic acids is 3. The van der Waals surface area contributed by atoms with Crippen LogP contribution in [-0.2, 0) is 15.1 Å². The molecule has 1 saturated heterocycles. The molecule has 1 fully saturated rings. The van der Waals surface area contributed by atoms with Crippen molar-refractivity contribution in [3.05, 3.63) is 59.1 Å². The fourth-order valence-corrected chi connectivity index (χ4v) is 3.13. The van der Waals surface area contributed by atoms with Gasteiger partial charge in [0.25, 0.3) is 5.91 Å². The van der Waals surface area contributed by atoms with E-state index in [1.807, 2.05) is 6.92 Å². The van der Waals surface area contributed by atoms with Crippen molar-refractivity contribution in [2.45, 2.75) is 19.4 Å². The third-order valence-electron chi connectivity index (χ3n) is 4.46. The zero-order chi connectivity index (χ0) is 20.3. The number of urea groups is 1. The Morgan fingerprint density at radius 3 is 2.54 bits per heavy atom. The predicted molar refractivity (Wildman–Crippen MR) is 105 cm³/mol. The average molecular weight is 402 g/mol. The molecule has 2 aromatic carbocycles. The van der Waals surface area contributed by atoms with E-state index in [-0.39, 0.29) is 0 Å². The van der Waals surface area contributed by atoms with Crippen LogP contribution in [0.4, 0.5) is 10.5 Å². The minimum Gasteiger partial charge on any atom is -0.492 e. The maximum atomic E-state index is 12.9. The van der Waals surface area contributed by atoms with Crippen molar-refractivity contribution in [3.63, 3.8) is 0 Å². The van der Waals surface area contributed by atoms with Crippen LogP contribution in [0, 0.1) is 0 Å². The van der Waals surface area contributed by atoms with Gasteiger partial charge in [-0.3, -0.25) is 14.5 Å². The number of halogens is 1. The summed E-state index contributed by atoms with van der Waals surface area (Å²) in [4.78, 5) is 38.6. The average Bonchev–Trinajstić information content (AvgIpc) is 2.88. The maximum Gasteiger partial charge on any atom is 0.325 e. The smallest absolute Gasteiger partial charge is 0.325 e. The van der Waals surface area contributed by atoms with E-state index in [2.05, 4.69) is 10.6 Å². The second-order valence-corrected chi connectivity index (χ2v) is 6.87. The fourth-order valence-electron chi connectivity index (χ4n) is 3.00. The number of amides is 4. The molecule has 8 heteroatoms. The first-order valence-corrected chi connectivity index (χ1v) is 9.14. The molecule has 1 aliphatic rings. The zero-order valence-electron chi connectivity index (χ0n) is 15.5. The molecule has 4 amide bonds. The van der Waals surface area contributed by atoms with Crippen molar-refractivity contribution in [1.29, 1.82) is 0 Å². The molecule has 146 valence electrons. The highest BCUT2D eigenvalue weighted by molar-refractivity contribution is 6.30. The number of benzene rings is 2. The lowest BCUT2D eigenvalue weighted by Gasteiger charge is -2.22. The number of para-hydroxylation sites is 2. The molecule has 0 unspecified atom stereocenters. The first-order chi connectivity index (χ1) is 13.3. The van der Waals surface area contributed by atoms with E-state index in [9.17, 15) is 14.4 Å². The molecule has 7 nitrogen and oxygen atoms in total. The summed E-state index contributed by atoms with van der Waals surface area (Å²) in [5, 5.41) is 5.86. The van der Waals surface area contributed by atoms with Crippen molar-refractivity contribution < 1.29 is 19.1 Å². The predicted octanol–water partition coefficient (Wildman–Crippen LogP) is 3.14. The van der Waals surface area contributed by atoms with Gasteiger partial charge >= 0.3 is 6.03 Å². The van der Waals surface area contributed by atoms with E-state index in [1.54, 1.807) is 55.5 Å². The summed E-state index contributed by atoms with van der Waals surface area (Å²) in [6, 6.07) is 12.9. The van der Waals surface area contributed by atoms with Crippen LogP contribution in [0.15, 0.2) is 48.5 Å². The molecule has 0 saturated carbocycles. The minimum atomic E-state index is -1.26. The van der Waals surface area contributed by atoms with Gasteiger partial charge in [-0.15, -0.1) is 0 Å². The lowest BCUT2D eigenvalue weighted by Crippen LogP contribution is -2.42. The molecular formula is C20H20ClN3O4. The number of ether oxygens (including phenoxy) is 1. The normalized spacial score (nSPS) is 18.8. The number of anilines is 1. The Kier molecular flexibility index (Phi) is 5.56. The molecule has 1 atom stereocenters. The molecule has 28 heavy (non-hydrogen) atoms. The Labute approximate surface area is 167 Å². The van der Waals surface area contributed by atoms with Gasteiger partial charge in [-0.2, -0.15) is 0 Å². The summed E-state index contributed by atoms with van der Waals surface area (Å²) in [7, 11) is 0. The Bertz CT molecular complexity index is 916. The van der Waals surface area contributed by atoms with E-state index < -0.39 is 29.9 Å². The second-order valence-electron chi connectivity index (χ2n) is 6.43. The summed E-state index contributed by atoms with van der Waals surface area (Å²) in [5.74, 6) is -0.495. The third kappa shape index (κ3) is 3.80. The van der Waals surface area contributed by atoms with Crippen molar-refractivity contribution in [2.24, 2.45) is 0 Å². The standard InChI is InChI=1S/C20H20ClN3O4/c1-3-28-16-7-5-4-6-15(16)22-17(25)12-24-18(26)20(2,23-19(24)27)13-8-10-14(21)11-9-13/h4-11H,3,12H2,1-2H3,(H,22,25)(H,23,27)/t20-/m1/s1. The van der Waals surface area contributed by atoms with Crippen LogP contribution in [0.25, 0.3) is 0 Å². The van der Waals surface area contributed by atoms with E-state index in [1.165, 1.54) is 0 Å². The summed E-state index contributed by atoms with van der Waals surface area (Å²) in [6.45, 7) is 3.47. The first kappa shape index (κ1) is 19.7. The van der Waals surface area contributed by atoms with Gasteiger partial charge in [-0.05, 0) is 43.7 Å². The van der Waals surface area contributed by atoms with Gasteiger partial charge in [0.05, 0.1) is 12.3 Å². The van der Waals surface area contributed by atoms with Crippen molar-refractivity contribution in [1.82, 2.24) is 10.2 Å².